The van der Waals surface area contributed by atoms with E-state index in [1.807, 2.05) is 37.3 Å². The quantitative estimate of drug-likeness (QED) is 0.839. The summed E-state index contributed by atoms with van der Waals surface area (Å²) in [6.45, 7) is 2.78. The van der Waals surface area contributed by atoms with Crippen molar-refractivity contribution in [1.29, 1.82) is 0 Å². The fraction of sp³-hybridized carbons (Fsp3) is 0.143. The molecule has 0 fully saturated rings. The molecule has 0 aromatic heterocycles. The lowest BCUT2D eigenvalue weighted by Crippen LogP contribution is -1.99. The van der Waals surface area contributed by atoms with E-state index in [0.717, 1.165) is 27.3 Å². The molecule has 1 nitrogen and oxygen atoms in total. The van der Waals surface area contributed by atoms with E-state index >= 15 is 0 Å². The molecule has 88 valence electrons. The van der Waals surface area contributed by atoms with E-state index in [-0.39, 0.29) is 0 Å². The average molecular weight is 311 g/mol. The fourth-order valence-electron chi connectivity index (χ4n) is 1.55. The van der Waals surface area contributed by atoms with Crippen molar-refractivity contribution >= 4 is 33.2 Å². The third-order valence-electron chi connectivity index (χ3n) is 2.56. The van der Waals surface area contributed by atoms with Gasteiger partial charge in [-0.15, -0.1) is 0 Å². The van der Waals surface area contributed by atoms with Crippen LogP contribution in [-0.2, 0) is 6.54 Å². The summed E-state index contributed by atoms with van der Waals surface area (Å²) in [4.78, 5) is 0. The van der Waals surface area contributed by atoms with Crippen LogP contribution in [0.15, 0.2) is 46.9 Å². The predicted octanol–water partition coefficient (Wildman–Crippen LogP) is 5.02. The second-order valence-electron chi connectivity index (χ2n) is 3.95. The number of halogens is 2. The van der Waals surface area contributed by atoms with Gasteiger partial charge in [-0.2, -0.15) is 0 Å². The molecule has 3 heteroatoms. The number of aryl methyl sites for hydroxylation is 1. The van der Waals surface area contributed by atoms with Crippen molar-refractivity contribution in [1.82, 2.24) is 0 Å². The summed E-state index contributed by atoms with van der Waals surface area (Å²) in [6, 6.07) is 14.2. The minimum Gasteiger partial charge on any atom is -0.381 e. The molecule has 1 N–H and O–H groups in total. The molecule has 2 aromatic carbocycles. The predicted molar refractivity (Wildman–Crippen MR) is 77.7 cm³/mol. The molecule has 0 aliphatic rings. The van der Waals surface area contributed by atoms with Crippen molar-refractivity contribution in [2.24, 2.45) is 0 Å². The summed E-state index contributed by atoms with van der Waals surface area (Å²) in [7, 11) is 0. The van der Waals surface area contributed by atoms with E-state index < -0.39 is 0 Å². The van der Waals surface area contributed by atoms with Gasteiger partial charge < -0.3 is 5.32 Å². The average Bonchev–Trinajstić information content (AvgIpc) is 2.31. The molecule has 0 unspecified atom stereocenters. The topological polar surface area (TPSA) is 12.0 Å². The zero-order chi connectivity index (χ0) is 12.3. The fourth-order valence-corrected chi connectivity index (χ4v) is 2.15. The summed E-state index contributed by atoms with van der Waals surface area (Å²) in [6.07, 6.45) is 0. The standard InChI is InChI=1S/C14H13BrClN/c1-10-5-6-11(7-14(10)16)9-17-13-4-2-3-12(15)8-13/h2-8,17H,9H2,1H3. The summed E-state index contributed by atoms with van der Waals surface area (Å²) in [5.41, 5.74) is 3.38. The van der Waals surface area contributed by atoms with Gasteiger partial charge in [-0.1, -0.05) is 45.7 Å². The Morgan fingerprint density at radius 2 is 2.00 bits per heavy atom. The zero-order valence-corrected chi connectivity index (χ0v) is 11.8. The molecule has 0 radical (unpaired) electrons. The number of rotatable bonds is 3. The van der Waals surface area contributed by atoms with Gasteiger partial charge in [0.15, 0.2) is 0 Å². The molecule has 0 atom stereocenters. The number of benzene rings is 2. The van der Waals surface area contributed by atoms with E-state index in [1.54, 1.807) is 0 Å². The first kappa shape index (κ1) is 12.5. The van der Waals surface area contributed by atoms with Crippen LogP contribution in [0.1, 0.15) is 11.1 Å². The van der Waals surface area contributed by atoms with E-state index in [1.165, 1.54) is 5.56 Å². The van der Waals surface area contributed by atoms with Gasteiger partial charge in [0.2, 0.25) is 0 Å². The molecule has 0 amide bonds. The van der Waals surface area contributed by atoms with Crippen molar-refractivity contribution in [3.8, 4) is 0 Å². The highest BCUT2D eigenvalue weighted by Crippen LogP contribution is 2.19. The summed E-state index contributed by atoms with van der Waals surface area (Å²) in [5.74, 6) is 0. The maximum Gasteiger partial charge on any atom is 0.0438 e. The second-order valence-corrected chi connectivity index (χ2v) is 5.27. The van der Waals surface area contributed by atoms with Gasteiger partial charge in [0, 0.05) is 21.7 Å². The smallest absolute Gasteiger partial charge is 0.0438 e. The van der Waals surface area contributed by atoms with Gasteiger partial charge in [-0.25, -0.2) is 0 Å². The van der Waals surface area contributed by atoms with Gasteiger partial charge in [0.05, 0.1) is 0 Å². The lowest BCUT2D eigenvalue weighted by atomic mass is 10.1. The lowest BCUT2D eigenvalue weighted by Gasteiger charge is -2.08. The van der Waals surface area contributed by atoms with Crippen LogP contribution < -0.4 is 5.32 Å². The highest BCUT2D eigenvalue weighted by molar-refractivity contribution is 9.10. The number of hydrogen-bond acceptors (Lipinski definition) is 1. The highest BCUT2D eigenvalue weighted by atomic mass is 79.9. The number of hydrogen-bond donors (Lipinski definition) is 1. The normalized spacial score (nSPS) is 10.3. The second kappa shape index (κ2) is 5.56. The van der Waals surface area contributed by atoms with E-state index in [2.05, 4.69) is 33.4 Å². The Hall–Kier alpha value is -0.990. The molecule has 2 aromatic rings. The van der Waals surface area contributed by atoms with E-state index in [0.29, 0.717) is 0 Å². The highest BCUT2D eigenvalue weighted by Gasteiger charge is 1.98. The van der Waals surface area contributed by atoms with Crippen molar-refractivity contribution < 1.29 is 0 Å². The van der Waals surface area contributed by atoms with Crippen LogP contribution in [-0.4, -0.2) is 0 Å². The molecule has 17 heavy (non-hydrogen) atoms. The van der Waals surface area contributed by atoms with E-state index in [9.17, 15) is 0 Å². The van der Waals surface area contributed by atoms with Crippen LogP contribution in [0.25, 0.3) is 0 Å². The Kier molecular flexibility index (Phi) is 4.08. The Labute approximate surface area is 115 Å². The summed E-state index contributed by atoms with van der Waals surface area (Å²) in [5, 5.41) is 4.18. The molecular weight excluding hydrogens is 298 g/mol. The van der Waals surface area contributed by atoms with Crippen LogP contribution in [0.4, 0.5) is 5.69 Å². The summed E-state index contributed by atoms with van der Waals surface area (Å²) < 4.78 is 1.07. The monoisotopic (exact) mass is 309 g/mol. The van der Waals surface area contributed by atoms with Crippen LogP contribution in [0.3, 0.4) is 0 Å². The lowest BCUT2D eigenvalue weighted by molar-refractivity contribution is 1.14. The third-order valence-corrected chi connectivity index (χ3v) is 3.46. The van der Waals surface area contributed by atoms with Crippen molar-refractivity contribution in [2.45, 2.75) is 13.5 Å². The van der Waals surface area contributed by atoms with E-state index in [4.69, 9.17) is 11.6 Å². The molecule has 0 saturated heterocycles. The van der Waals surface area contributed by atoms with Gasteiger partial charge >= 0.3 is 0 Å². The molecule has 2 rings (SSSR count). The molecular formula is C14H13BrClN. The minimum absolute atomic E-state index is 0.774. The molecule has 0 saturated carbocycles. The van der Waals surface area contributed by atoms with Crippen LogP contribution in [0.5, 0.6) is 0 Å². The maximum atomic E-state index is 6.09. The largest absolute Gasteiger partial charge is 0.381 e. The first-order valence-electron chi connectivity index (χ1n) is 5.39. The van der Waals surface area contributed by atoms with Crippen LogP contribution in [0, 0.1) is 6.92 Å². The Bertz CT molecular complexity index is 525. The Balaban J connectivity index is 2.05. The Morgan fingerprint density at radius 3 is 2.71 bits per heavy atom. The van der Waals surface area contributed by atoms with Gasteiger partial charge in [-0.3, -0.25) is 0 Å². The minimum atomic E-state index is 0.774. The molecule has 0 spiro atoms. The molecule has 0 aliphatic carbocycles. The van der Waals surface area contributed by atoms with Gasteiger partial charge in [-0.05, 0) is 42.3 Å². The van der Waals surface area contributed by atoms with Crippen LogP contribution >= 0.6 is 27.5 Å². The Morgan fingerprint density at radius 1 is 1.18 bits per heavy atom. The number of nitrogens with one attached hydrogen (secondary N) is 1. The SMILES string of the molecule is Cc1ccc(CNc2cccc(Br)c2)cc1Cl. The third kappa shape index (κ3) is 3.48. The maximum absolute atomic E-state index is 6.09. The molecule has 0 aliphatic heterocycles. The first-order chi connectivity index (χ1) is 8.15. The van der Waals surface area contributed by atoms with Gasteiger partial charge in [0.1, 0.15) is 0 Å². The zero-order valence-electron chi connectivity index (χ0n) is 9.50. The first-order valence-corrected chi connectivity index (χ1v) is 6.57. The number of anilines is 1. The molecule has 0 heterocycles. The van der Waals surface area contributed by atoms with Gasteiger partial charge in [0.25, 0.3) is 0 Å². The van der Waals surface area contributed by atoms with Crippen molar-refractivity contribution in [3.63, 3.8) is 0 Å². The summed E-state index contributed by atoms with van der Waals surface area (Å²) >= 11 is 9.53. The van der Waals surface area contributed by atoms with Crippen LogP contribution in [0.2, 0.25) is 5.02 Å². The molecule has 0 bridgehead atoms. The van der Waals surface area contributed by atoms with Crippen molar-refractivity contribution in [2.75, 3.05) is 5.32 Å². The van der Waals surface area contributed by atoms with Crippen molar-refractivity contribution in [3.05, 3.63) is 63.1 Å².